The molecule has 0 spiro atoms. The molecular formula is C20H21N5O2S. The van der Waals surface area contributed by atoms with Gasteiger partial charge in [-0.15, -0.1) is 11.3 Å². The number of carbonyl (C=O) groups excluding carboxylic acids is 2. The Hall–Kier alpha value is -3.00. The highest BCUT2D eigenvalue weighted by Gasteiger charge is 2.21. The number of hydrogen-bond acceptors (Lipinski definition) is 5. The van der Waals surface area contributed by atoms with Crippen LogP contribution in [0, 0.1) is 0 Å². The molecule has 0 saturated heterocycles. The second kappa shape index (κ2) is 8.35. The fourth-order valence-electron chi connectivity index (χ4n) is 3.31. The third-order valence-electron chi connectivity index (χ3n) is 4.82. The minimum absolute atomic E-state index is 0.0347. The second-order valence-corrected chi connectivity index (χ2v) is 7.67. The van der Waals surface area contributed by atoms with Crippen LogP contribution in [0.15, 0.2) is 48.5 Å². The van der Waals surface area contributed by atoms with E-state index in [4.69, 9.17) is 0 Å². The summed E-state index contributed by atoms with van der Waals surface area (Å²) in [7, 11) is 0. The molecule has 0 unspecified atom stereocenters. The predicted molar refractivity (Wildman–Crippen MR) is 106 cm³/mol. The van der Waals surface area contributed by atoms with Gasteiger partial charge in [-0.3, -0.25) is 14.2 Å². The Balaban J connectivity index is 1.27. The van der Waals surface area contributed by atoms with Gasteiger partial charge in [-0.2, -0.15) is 0 Å². The fraction of sp³-hybridized carbons (Fsp3) is 0.300. The summed E-state index contributed by atoms with van der Waals surface area (Å²) in [6, 6.07) is 5.83. The van der Waals surface area contributed by atoms with Crippen molar-refractivity contribution in [2.75, 3.05) is 6.54 Å². The zero-order chi connectivity index (χ0) is 19.3. The largest absolute Gasteiger partial charge is 0.352 e. The molecule has 8 heteroatoms. The molecule has 0 aromatic carbocycles. The highest BCUT2D eigenvalue weighted by molar-refractivity contribution is 7.10. The quantitative estimate of drug-likeness (QED) is 0.695. The topological polar surface area (TPSA) is 80.1 Å². The van der Waals surface area contributed by atoms with Crippen molar-refractivity contribution in [2.24, 2.45) is 0 Å². The van der Waals surface area contributed by atoms with Crippen molar-refractivity contribution in [3.05, 3.63) is 64.5 Å². The molecular weight excluding hydrogens is 374 g/mol. The van der Waals surface area contributed by atoms with E-state index in [9.17, 15) is 9.59 Å². The molecule has 0 atom stereocenters. The first kappa shape index (κ1) is 18.4. The summed E-state index contributed by atoms with van der Waals surface area (Å²) in [6.45, 7) is 1.75. The first-order chi connectivity index (χ1) is 13.7. The normalized spacial score (nSPS) is 13.2. The highest BCUT2D eigenvalue weighted by Crippen LogP contribution is 2.24. The van der Waals surface area contributed by atoms with Gasteiger partial charge >= 0.3 is 0 Å². The third-order valence-corrected chi connectivity index (χ3v) is 5.84. The number of carbonyl (C=O) groups is 2. The van der Waals surface area contributed by atoms with Gasteiger partial charge in [0.2, 0.25) is 11.8 Å². The third kappa shape index (κ3) is 4.12. The van der Waals surface area contributed by atoms with E-state index >= 15 is 0 Å². The van der Waals surface area contributed by atoms with E-state index in [-0.39, 0.29) is 24.7 Å². The Morgan fingerprint density at radius 3 is 3.00 bits per heavy atom. The smallest absolute Gasteiger partial charge is 0.223 e. The molecule has 1 aliphatic heterocycles. The molecule has 0 fully saturated rings. The number of rotatable bonds is 6. The summed E-state index contributed by atoms with van der Waals surface area (Å²) in [5.41, 5.74) is 2.12. The van der Waals surface area contributed by atoms with Crippen LogP contribution in [0.5, 0.6) is 0 Å². The van der Waals surface area contributed by atoms with E-state index in [0.29, 0.717) is 13.1 Å². The minimum atomic E-state index is -0.137. The summed E-state index contributed by atoms with van der Waals surface area (Å²) in [6.07, 6.45) is 8.19. The van der Waals surface area contributed by atoms with Crippen molar-refractivity contribution in [2.45, 2.75) is 32.4 Å². The average molecular weight is 395 g/mol. The van der Waals surface area contributed by atoms with Crippen LogP contribution in [0.25, 0.3) is 5.82 Å². The van der Waals surface area contributed by atoms with Crippen LogP contribution in [0.2, 0.25) is 0 Å². The van der Waals surface area contributed by atoms with Gasteiger partial charge in [-0.05, 0) is 29.5 Å². The molecule has 28 heavy (non-hydrogen) atoms. The number of thiophene rings is 1. The number of aromatic nitrogens is 3. The fourth-order valence-corrected chi connectivity index (χ4v) is 4.20. The molecule has 4 heterocycles. The van der Waals surface area contributed by atoms with Crippen LogP contribution < -0.4 is 5.32 Å². The lowest BCUT2D eigenvalue weighted by molar-refractivity contribution is -0.134. The molecule has 0 bridgehead atoms. The van der Waals surface area contributed by atoms with E-state index < -0.39 is 0 Å². The van der Waals surface area contributed by atoms with Crippen molar-refractivity contribution in [3.63, 3.8) is 0 Å². The maximum Gasteiger partial charge on any atom is 0.223 e. The molecule has 144 valence electrons. The van der Waals surface area contributed by atoms with Crippen LogP contribution in [-0.4, -0.2) is 37.8 Å². The molecule has 0 aliphatic carbocycles. The van der Waals surface area contributed by atoms with E-state index in [1.807, 2.05) is 23.2 Å². The lowest BCUT2D eigenvalue weighted by Crippen LogP contribution is -2.36. The van der Waals surface area contributed by atoms with Gasteiger partial charge in [0.1, 0.15) is 12.1 Å². The Labute approximate surface area is 167 Å². The first-order valence-electron chi connectivity index (χ1n) is 9.22. The molecule has 0 radical (unpaired) electrons. The number of nitrogens with one attached hydrogen (secondary N) is 1. The summed E-state index contributed by atoms with van der Waals surface area (Å²) in [5.74, 6) is 0.630. The molecule has 2 amide bonds. The van der Waals surface area contributed by atoms with Gasteiger partial charge in [0, 0.05) is 61.5 Å². The standard InChI is InChI=1S/C20H21N5O2S/c26-18(3-4-19(27)24-9-5-17-16(13-24)6-11-28-17)23-12-15-2-1-7-22-20(15)25-10-8-21-14-25/h1-2,6-8,10-11,14H,3-5,9,12-13H2,(H,23,26). The van der Waals surface area contributed by atoms with Crippen molar-refractivity contribution >= 4 is 23.2 Å². The Bertz CT molecular complexity index is 967. The Morgan fingerprint density at radius 1 is 1.21 bits per heavy atom. The van der Waals surface area contributed by atoms with Gasteiger partial charge in [-0.25, -0.2) is 9.97 Å². The molecule has 1 N–H and O–H groups in total. The second-order valence-electron chi connectivity index (χ2n) is 6.67. The van der Waals surface area contributed by atoms with Crippen LogP contribution in [-0.2, 0) is 29.1 Å². The van der Waals surface area contributed by atoms with E-state index in [1.165, 1.54) is 10.4 Å². The number of fused-ring (bicyclic) bond motifs is 1. The van der Waals surface area contributed by atoms with Crippen LogP contribution in [0.4, 0.5) is 0 Å². The van der Waals surface area contributed by atoms with Crippen LogP contribution in [0.3, 0.4) is 0 Å². The van der Waals surface area contributed by atoms with Gasteiger partial charge in [-0.1, -0.05) is 6.07 Å². The maximum atomic E-state index is 12.4. The summed E-state index contributed by atoms with van der Waals surface area (Å²) < 4.78 is 1.81. The molecule has 7 nitrogen and oxygen atoms in total. The number of hydrogen-bond donors (Lipinski definition) is 1. The lowest BCUT2D eigenvalue weighted by atomic mass is 10.1. The van der Waals surface area contributed by atoms with Crippen molar-refractivity contribution in [1.82, 2.24) is 24.8 Å². The van der Waals surface area contributed by atoms with Crippen LogP contribution in [0.1, 0.15) is 28.8 Å². The zero-order valence-corrected chi connectivity index (χ0v) is 16.2. The number of imidazole rings is 1. The SMILES string of the molecule is O=C(CCC(=O)N1CCc2sccc2C1)NCc1cccnc1-n1ccnc1. The van der Waals surface area contributed by atoms with Crippen LogP contribution >= 0.6 is 11.3 Å². The monoisotopic (exact) mass is 395 g/mol. The predicted octanol–water partition coefficient (Wildman–Crippen LogP) is 2.31. The molecule has 1 aliphatic rings. The zero-order valence-electron chi connectivity index (χ0n) is 15.4. The van der Waals surface area contributed by atoms with Crippen molar-refractivity contribution in [3.8, 4) is 5.82 Å². The number of nitrogens with zero attached hydrogens (tertiary/aromatic N) is 4. The number of amides is 2. The lowest BCUT2D eigenvalue weighted by Gasteiger charge is -2.27. The maximum absolute atomic E-state index is 12.4. The van der Waals surface area contributed by atoms with E-state index in [1.54, 1.807) is 34.6 Å². The van der Waals surface area contributed by atoms with Gasteiger partial charge in [0.25, 0.3) is 0 Å². The molecule has 3 aromatic heterocycles. The van der Waals surface area contributed by atoms with E-state index in [2.05, 4.69) is 26.7 Å². The molecule has 0 saturated carbocycles. The molecule has 4 rings (SSSR count). The van der Waals surface area contributed by atoms with Crippen molar-refractivity contribution in [1.29, 1.82) is 0 Å². The number of pyridine rings is 1. The molecule has 3 aromatic rings. The van der Waals surface area contributed by atoms with Gasteiger partial charge < -0.3 is 10.2 Å². The first-order valence-corrected chi connectivity index (χ1v) is 10.1. The highest BCUT2D eigenvalue weighted by atomic mass is 32.1. The average Bonchev–Trinajstić information content (AvgIpc) is 3.41. The Morgan fingerprint density at radius 2 is 2.14 bits per heavy atom. The Kier molecular flexibility index (Phi) is 5.48. The summed E-state index contributed by atoms with van der Waals surface area (Å²) >= 11 is 1.75. The van der Waals surface area contributed by atoms with Crippen molar-refractivity contribution < 1.29 is 9.59 Å². The minimum Gasteiger partial charge on any atom is -0.352 e. The summed E-state index contributed by atoms with van der Waals surface area (Å²) in [5, 5.41) is 4.96. The summed E-state index contributed by atoms with van der Waals surface area (Å²) in [4.78, 5) is 36.3. The van der Waals surface area contributed by atoms with Gasteiger partial charge in [0.15, 0.2) is 0 Å². The van der Waals surface area contributed by atoms with Gasteiger partial charge in [0.05, 0.1) is 0 Å². The van der Waals surface area contributed by atoms with E-state index in [0.717, 1.165) is 24.3 Å².